The fourth-order valence-electron chi connectivity index (χ4n) is 1.47. The Labute approximate surface area is 90.9 Å². The monoisotopic (exact) mass is 212 g/mol. The van der Waals surface area contributed by atoms with E-state index in [1.807, 2.05) is 31.6 Å². The maximum atomic E-state index is 9.82. The van der Waals surface area contributed by atoms with E-state index in [0.717, 1.165) is 12.1 Å². The normalized spacial score (nSPS) is 15.2. The average Bonchev–Trinajstić information content (AvgIpc) is 2.66. The van der Waals surface area contributed by atoms with Gasteiger partial charge in [-0.2, -0.15) is 5.10 Å². The molecule has 2 unspecified atom stereocenters. The van der Waals surface area contributed by atoms with E-state index in [1.54, 1.807) is 6.20 Å². The minimum atomic E-state index is -0.459. The molecule has 0 aliphatic heterocycles. The van der Waals surface area contributed by atoms with Crippen LogP contribution in [0.4, 0.5) is 0 Å². The molecule has 1 rings (SSSR count). The number of hydrogen-bond donors (Lipinski definition) is 1. The van der Waals surface area contributed by atoms with Crippen LogP contribution in [0.1, 0.15) is 26.3 Å². The lowest BCUT2D eigenvalue weighted by atomic mass is 10.1. The summed E-state index contributed by atoms with van der Waals surface area (Å²) < 4.78 is 7.19. The van der Waals surface area contributed by atoms with Crippen molar-refractivity contribution in [3.63, 3.8) is 0 Å². The molecule has 0 aliphatic carbocycles. The lowest BCUT2D eigenvalue weighted by Gasteiger charge is -2.17. The van der Waals surface area contributed by atoms with Crippen molar-refractivity contribution in [2.45, 2.75) is 45.9 Å². The molecule has 0 fully saturated rings. The third-order valence-corrected chi connectivity index (χ3v) is 2.43. The molecule has 0 spiro atoms. The quantitative estimate of drug-likeness (QED) is 0.771. The molecule has 1 aromatic rings. The van der Waals surface area contributed by atoms with Crippen LogP contribution >= 0.6 is 0 Å². The van der Waals surface area contributed by atoms with Crippen molar-refractivity contribution in [2.75, 3.05) is 6.61 Å². The van der Waals surface area contributed by atoms with Crippen LogP contribution in [0.5, 0.6) is 0 Å². The molecule has 4 heteroatoms. The predicted octanol–water partition coefficient (Wildman–Crippen LogP) is 1.23. The molecular weight excluding hydrogens is 192 g/mol. The summed E-state index contributed by atoms with van der Waals surface area (Å²) in [5.41, 5.74) is 1.05. The van der Waals surface area contributed by atoms with Gasteiger partial charge in [-0.05, 0) is 26.3 Å². The van der Waals surface area contributed by atoms with Crippen LogP contribution < -0.4 is 0 Å². The smallest absolute Gasteiger partial charge is 0.0840 e. The number of rotatable bonds is 6. The number of aryl methyl sites for hydroxylation is 1. The third kappa shape index (κ3) is 3.64. The molecule has 0 saturated heterocycles. The van der Waals surface area contributed by atoms with Crippen molar-refractivity contribution in [3.05, 3.63) is 18.0 Å². The van der Waals surface area contributed by atoms with E-state index in [-0.39, 0.29) is 6.10 Å². The number of aromatic nitrogens is 2. The summed E-state index contributed by atoms with van der Waals surface area (Å²) in [5, 5.41) is 14.0. The van der Waals surface area contributed by atoms with Gasteiger partial charge in [0.1, 0.15) is 0 Å². The van der Waals surface area contributed by atoms with Crippen LogP contribution in [0.25, 0.3) is 0 Å². The average molecular weight is 212 g/mol. The second kappa shape index (κ2) is 5.88. The highest BCUT2D eigenvalue weighted by atomic mass is 16.5. The first kappa shape index (κ1) is 12.2. The predicted molar refractivity (Wildman–Crippen MR) is 58.7 cm³/mol. The molecule has 86 valence electrons. The molecule has 1 aromatic heterocycles. The summed E-state index contributed by atoms with van der Waals surface area (Å²) >= 11 is 0. The van der Waals surface area contributed by atoms with Gasteiger partial charge in [-0.1, -0.05) is 0 Å². The van der Waals surface area contributed by atoms with Crippen molar-refractivity contribution < 1.29 is 9.84 Å². The molecule has 0 aliphatic rings. The van der Waals surface area contributed by atoms with Gasteiger partial charge in [-0.15, -0.1) is 0 Å². The number of nitrogens with zero attached hydrogens (tertiary/aromatic N) is 2. The lowest BCUT2D eigenvalue weighted by Crippen LogP contribution is -2.27. The maximum absolute atomic E-state index is 9.82. The summed E-state index contributed by atoms with van der Waals surface area (Å²) in [4.78, 5) is 0. The molecule has 1 heterocycles. The first-order chi connectivity index (χ1) is 7.17. The third-order valence-electron chi connectivity index (χ3n) is 2.43. The van der Waals surface area contributed by atoms with Gasteiger partial charge < -0.3 is 9.84 Å². The van der Waals surface area contributed by atoms with Crippen molar-refractivity contribution in [2.24, 2.45) is 0 Å². The zero-order chi connectivity index (χ0) is 11.3. The fraction of sp³-hybridized carbons (Fsp3) is 0.727. The summed E-state index contributed by atoms with van der Waals surface area (Å²) in [6, 6.07) is 0. The zero-order valence-corrected chi connectivity index (χ0v) is 9.68. The minimum Gasteiger partial charge on any atom is -0.390 e. The highest BCUT2D eigenvalue weighted by molar-refractivity contribution is 5.05. The number of aliphatic hydroxyl groups is 1. The van der Waals surface area contributed by atoms with Crippen LogP contribution in [0.15, 0.2) is 12.4 Å². The van der Waals surface area contributed by atoms with E-state index in [1.165, 1.54) is 0 Å². The topological polar surface area (TPSA) is 47.3 Å². The molecule has 0 radical (unpaired) electrons. The maximum Gasteiger partial charge on any atom is 0.0840 e. The van der Waals surface area contributed by atoms with Crippen LogP contribution in [0.3, 0.4) is 0 Å². The van der Waals surface area contributed by atoms with E-state index < -0.39 is 6.10 Å². The summed E-state index contributed by atoms with van der Waals surface area (Å²) in [5.74, 6) is 0. The zero-order valence-electron chi connectivity index (χ0n) is 9.68. The van der Waals surface area contributed by atoms with Crippen LogP contribution in [-0.2, 0) is 17.7 Å². The molecule has 0 saturated carbocycles. The van der Waals surface area contributed by atoms with Gasteiger partial charge in [0.05, 0.1) is 18.4 Å². The standard InChI is InChI=1S/C11H20N2O2/c1-4-13-8-10(7-12-13)6-11(14)9(3)15-5-2/h7-9,11,14H,4-6H2,1-3H3. The fourth-order valence-corrected chi connectivity index (χ4v) is 1.47. The first-order valence-corrected chi connectivity index (χ1v) is 5.48. The van der Waals surface area contributed by atoms with Crippen LogP contribution in [0.2, 0.25) is 0 Å². The largest absolute Gasteiger partial charge is 0.390 e. The Hall–Kier alpha value is -0.870. The number of aliphatic hydroxyl groups excluding tert-OH is 1. The van der Waals surface area contributed by atoms with E-state index in [9.17, 15) is 5.11 Å². The highest BCUT2D eigenvalue weighted by Gasteiger charge is 2.15. The molecule has 1 N–H and O–H groups in total. The lowest BCUT2D eigenvalue weighted by molar-refractivity contribution is -0.0208. The van der Waals surface area contributed by atoms with E-state index >= 15 is 0 Å². The summed E-state index contributed by atoms with van der Waals surface area (Å²) in [6.45, 7) is 7.34. The van der Waals surface area contributed by atoms with E-state index in [4.69, 9.17) is 4.74 Å². The number of ether oxygens (including phenoxy) is 1. The van der Waals surface area contributed by atoms with Gasteiger partial charge in [0.2, 0.25) is 0 Å². The first-order valence-electron chi connectivity index (χ1n) is 5.48. The van der Waals surface area contributed by atoms with Crippen molar-refractivity contribution in [1.29, 1.82) is 0 Å². The van der Waals surface area contributed by atoms with Crippen molar-refractivity contribution in [3.8, 4) is 0 Å². The Bertz CT molecular complexity index is 286. The number of hydrogen-bond acceptors (Lipinski definition) is 3. The molecule has 0 amide bonds. The molecular formula is C11H20N2O2. The summed E-state index contributed by atoms with van der Waals surface area (Å²) in [6.07, 6.45) is 3.77. The molecule has 4 nitrogen and oxygen atoms in total. The Balaban J connectivity index is 2.46. The Morgan fingerprint density at radius 3 is 2.80 bits per heavy atom. The molecule has 15 heavy (non-hydrogen) atoms. The minimum absolute atomic E-state index is 0.125. The van der Waals surface area contributed by atoms with E-state index in [2.05, 4.69) is 5.10 Å². The Morgan fingerprint density at radius 2 is 2.27 bits per heavy atom. The second-order valence-electron chi connectivity index (χ2n) is 3.64. The van der Waals surface area contributed by atoms with Crippen LogP contribution in [-0.4, -0.2) is 33.7 Å². The molecule has 0 aromatic carbocycles. The molecule has 0 bridgehead atoms. The van der Waals surface area contributed by atoms with Crippen molar-refractivity contribution >= 4 is 0 Å². The van der Waals surface area contributed by atoms with Gasteiger partial charge >= 0.3 is 0 Å². The van der Waals surface area contributed by atoms with Gasteiger partial charge in [0.15, 0.2) is 0 Å². The Kier molecular flexibility index (Phi) is 4.78. The van der Waals surface area contributed by atoms with E-state index in [0.29, 0.717) is 13.0 Å². The van der Waals surface area contributed by atoms with Gasteiger partial charge in [0, 0.05) is 25.8 Å². The van der Waals surface area contributed by atoms with Gasteiger partial charge in [0.25, 0.3) is 0 Å². The second-order valence-corrected chi connectivity index (χ2v) is 3.64. The SMILES string of the molecule is CCOC(C)C(O)Cc1cnn(CC)c1. The van der Waals surface area contributed by atoms with Gasteiger partial charge in [-0.25, -0.2) is 0 Å². The highest BCUT2D eigenvalue weighted by Crippen LogP contribution is 2.07. The Morgan fingerprint density at radius 1 is 1.53 bits per heavy atom. The molecule has 2 atom stereocenters. The van der Waals surface area contributed by atoms with Crippen molar-refractivity contribution in [1.82, 2.24) is 9.78 Å². The van der Waals surface area contributed by atoms with Gasteiger partial charge in [-0.3, -0.25) is 4.68 Å². The summed E-state index contributed by atoms with van der Waals surface area (Å²) in [7, 11) is 0. The van der Waals surface area contributed by atoms with Crippen LogP contribution in [0, 0.1) is 0 Å².